The van der Waals surface area contributed by atoms with Gasteiger partial charge in [0.05, 0.1) is 0 Å². The lowest BCUT2D eigenvalue weighted by atomic mass is 10.2. The highest BCUT2D eigenvalue weighted by Crippen LogP contribution is 2.25. The van der Waals surface area contributed by atoms with E-state index in [4.69, 9.17) is 4.74 Å². The minimum atomic E-state index is -3.65. The maximum atomic E-state index is 12.4. The Morgan fingerprint density at radius 2 is 1.48 bits per heavy atom. The van der Waals surface area contributed by atoms with Gasteiger partial charge in [-0.15, -0.1) is 0 Å². The van der Waals surface area contributed by atoms with Gasteiger partial charge in [0.2, 0.25) is 0 Å². The van der Waals surface area contributed by atoms with Crippen molar-refractivity contribution in [3.63, 3.8) is 0 Å². The molecule has 0 aliphatic carbocycles. The number of rotatable bonds is 6. The SMILES string of the molecule is O=S(=O)(Nc1ccc(OCc2ccccc2)cc1)c1ccccc1Br. The fourth-order valence-electron chi connectivity index (χ4n) is 2.23. The van der Waals surface area contributed by atoms with Gasteiger partial charge in [0.15, 0.2) is 0 Å². The summed E-state index contributed by atoms with van der Waals surface area (Å²) < 4.78 is 33.7. The number of hydrogen-bond acceptors (Lipinski definition) is 3. The largest absolute Gasteiger partial charge is 0.489 e. The predicted octanol–water partition coefficient (Wildman–Crippen LogP) is 4.83. The van der Waals surface area contributed by atoms with E-state index in [1.807, 2.05) is 30.3 Å². The van der Waals surface area contributed by atoms with Crippen LogP contribution in [0.4, 0.5) is 5.69 Å². The Hall–Kier alpha value is -2.31. The normalized spacial score (nSPS) is 11.1. The summed E-state index contributed by atoms with van der Waals surface area (Å²) in [6, 6.07) is 23.3. The Morgan fingerprint density at radius 1 is 0.840 bits per heavy atom. The summed E-state index contributed by atoms with van der Waals surface area (Å²) in [6.07, 6.45) is 0. The Balaban J connectivity index is 1.67. The lowest BCUT2D eigenvalue weighted by Gasteiger charge is -2.11. The summed E-state index contributed by atoms with van der Waals surface area (Å²) in [6.45, 7) is 0.461. The molecule has 0 amide bonds. The molecule has 3 aromatic carbocycles. The van der Waals surface area contributed by atoms with E-state index >= 15 is 0 Å². The van der Waals surface area contributed by atoms with Gasteiger partial charge in [-0.2, -0.15) is 0 Å². The molecule has 0 unspecified atom stereocenters. The lowest BCUT2D eigenvalue weighted by Crippen LogP contribution is -2.13. The fraction of sp³-hybridized carbons (Fsp3) is 0.0526. The molecular formula is C19H16BrNO3S. The molecular weight excluding hydrogens is 402 g/mol. The highest BCUT2D eigenvalue weighted by molar-refractivity contribution is 9.10. The fourth-order valence-corrected chi connectivity index (χ4v) is 4.30. The van der Waals surface area contributed by atoms with Crippen molar-refractivity contribution in [1.29, 1.82) is 0 Å². The first-order valence-electron chi connectivity index (χ1n) is 7.59. The smallest absolute Gasteiger partial charge is 0.263 e. The first-order chi connectivity index (χ1) is 12.0. The van der Waals surface area contributed by atoms with Gasteiger partial charge in [0, 0.05) is 10.2 Å². The van der Waals surface area contributed by atoms with Crippen LogP contribution in [0, 0.1) is 0 Å². The van der Waals surface area contributed by atoms with Crippen molar-refractivity contribution in [2.45, 2.75) is 11.5 Å². The van der Waals surface area contributed by atoms with Gasteiger partial charge < -0.3 is 4.74 Å². The molecule has 0 radical (unpaired) electrons. The van der Waals surface area contributed by atoms with Gasteiger partial charge >= 0.3 is 0 Å². The molecule has 25 heavy (non-hydrogen) atoms. The van der Waals surface area contributed by atoms with Crippen molar-refractivity contribution in [3.8, 4) is 5.75 Å². The molecule has 6 heteroatoms. The lowest BCUT2D eigenvalue weighted by molar-refractivity contribution is 0.306. The van der Waals surface area contributed by atoms with Gasteiger partial charge in [0.25, 0.3) is 10.0 Å². The molecule has 0 aromatic heterocycles. The zero-order valence-corrected chi connectivity index (χ0v) is 15.6. The average molecular weight is 418 g/mol. The molecule has 0 atom stereocenters. The van der Waals surface area contributed by atoms with E-state index in [-0.39, 0.29) is 4.90 Å². The first kappa shape index (κ1) is 17.5. The van der Waals surface area contributed by atoms with E-state index in [9.17, 15) is 8.42 Å². The molecule has 0 spiro atoms. The number of anilines is 1. The Labute approximate surface area is 155 Å². The van der Waals surface area contributed by atoms with Crippen LogP contribution in [0.3, 0.4) is 0 Å². The molecule has 0 bridgehead atoms. The highest BCUT2D eigenvalue weighted by Gasteiger charge is 2.17. The number of benzene rings is 3. The summed E-state index contributed by atoms with van der Waals surface area (Å²) in [5.74, 6) is 0.674. The van der Waals surface area contributed by atoms with Crippen LogP contribution in [0.1, 0.15) is 5.56 Å². The monoisotopic (exact) mass is 417 g/mol. The van der Waals surface area contributed by atoms with Crippen molar-refractivity contribution in [2.24, 2.45) is 0 Å². The minimum Gasteiger partial charge on any atom is -0.489 e. The number of nitrogens with one attached hydrogen (secondary N) is 1. The maximum absolute atomic E-state index is 12.4. The van der Waals surface area contributed by atoms with Crippen molar-refractivity contribution in [3.05, 3.63) is 88.9 Å². The second-order valence-corrected chi connectivity index (χ2v) is 7.84. The van der Waals surface area contributed by atoms with Gasteiger partial charge in [0.1, 0.15) is 17.3 Å². The van der Waals surface area contributed by atoms with Gasteiger partial charge in [-0.05, 0) is 57.9 Å². The predicted molar refractivity (Wildman–Crippen MR) is 102 cm³/mol. The maximum Gasteiger partial charge on any atom is 0.263 e. The molecule has 0 aliphatic heterocycles. The molecule has 4 nitrogen and oxygen atoms in total. The van der Waals surface area contributed by atoms with Gasteiger partial charge in [-0.3, -0.25) is 4.72 Å². The third-order valence-corrected chi connectivity index (χ3v) is 5.87. The van der Waals surface area contributed by atoms with Crippen molar-refractivity contribution >= 4 is 31.6 Å². The first-order valence-corrected chi connectivity index (χ1v) is 9.86. The molecule has 0 saturated heterocycles. The van der Waals surface area contributed by atoms with Crippen LogP contribution in [-0.2, 0) is 16.6 Å². The number of sulfonamides is 1. The van der Waals surface area contributed by atoms with E-state index < -0.39 is 10.0 Å². The van der Waals surface area contributed by atoms with Crippen molar-refractivity contribution in [1.82, 2.24) is 0 Å². The van der Waals surface area contributed by atoms with E-state index in [1.165, 1.54) is 0 Å². The zero-order chi connectivity index (χ0) is 17.7. The molecule has 0 fully saturated rings. The number of hydrogen-bond donors (Lipinski definition) is 1. The van der Waals surface area contributed by atoms with Crippen LogP contribution >= 0.6 is 15.9 Å². The number of halogens is 1. The minimum absolute atomic E-state index is 0.194. The molecule has 0 saturated carbocycles. The van der Waals surface area contributed by atoms with Crippen LogP contribution in [0.2, 0.25) is 0 Å². The Kier molecular flexibility index (Phi) is 5.40. The second kappa shape index (κ2) is 7.72. The quantitative estimate of drug-likeness (QED) is 0.624. The molecule has 1 N–H and O–H groups in total. The second-order valence-electron chi connectivity index (χ2n) is 5.33. The van der Waals surface area contributed by atoms with Gasteiger partial charge in [-0.25, -0.2) is 8.42 Å². The van der Waals surface area contributed by atoms with Crippen LogP contribution in [0.15, 0.2) is 88.2 Å². The Morgan fingerprint density at radius 3 is 2.16 bits per heavy atom. The summed E-state index contributed by atoms with van der Waals surface area (Å²) >= 11 is 3.26. The zero-order valence-electron chi connectivity index (χ0n) is 13.2. The number of ether oxygens (including phenoxy) is 1. The molecule has 3 rings (SSSR count). The average Bonchev–Trinajstić information content (AvgIpc) is 2.62. The summed E-state index contributed by atoms with van der Waals surface area (Å²) in [5.41, 5.74) is 1.55. The van der Waals surface area contributed by atoms with E-state index in [2.05, 4.69) is 20.7 Å². The van der Waals surface area contributed by atoms with E-state index in [0.29, 0.717) is 22.5 Å². The summed E-state index contributed by atoms with van der Waals surface area (Å²) in [4.78, 5) is 0.194. The van der Waals surface area contributed by atoms with Crippen LogP contribution in [0.25, 0.3) is 0 Å². The summed E-state index contributed by atoms with van der Waals surface area (Å²) in [7, 11) is -3.65. The van der Waals surface area contributed by atoms with Crippen molar-refractivity contribution < 1.29 is 13.2 Å². The Bertz CT molecular complexity index is 942. The van der Waals surface area contributed by atoms with Crippen LogP contribution in [0.5, 0.6) is 5.75 Å². The standard InChI is InChI=1S/C19H16BrNO3S/c20-18-8-4-5-9-19(18)25(22,23)21-16-10-12-17(13-11-16)24-14-15-6-2-1-3-7-15/h1-13,21H,14H2. The molecule has 0 aliphatic rings. The van der Waals surface area contributed by atoms with Crippen LogP contribution in [-0.4, -0.2) is 8.42 Å². The molecule has 128 valence electrons. The van der Waals surface area contributed by atoms with E-state index in [1.54, 1.807) is 48.5 Å². The van der Waals surface area contributed by atoms with Crippen LogP contribution < -0.4 is 9.46 Å². The third-order valence-electron chi connectivity index (χ3n) is 3.48. The van der Waals surface area contributed by atoms with Gasteiger partial charge in [-0.1, -0.05) is 42.5 Å². The summed E-state index contributed by atoms with van der Waals surface area (Å²) in [5, 5.41) is 0. The third kappa shape index (κ3) is 4.61. The topological polar surface area (TPSA) is 55.4 Å². The van der Waals surface area contributed by atoms with E-state index in [0.717, 1.165) is 5.56 Å². The highest BCUT2D eigenvalue weighted by atomic mass is 79.9. The molecule has 0 heterocycles. The molecule has 3 aromatic rings. The van der Waals surface area contributed by atoms with Crippen molar-refractivity contribution in [2.75, 3.05) is 4.72 Å².